The highest BCUT2D eigenvalue weighted by Crippen LogP contribution is 2.50. The van der Waals surface area contributed by atoms with Crippen LogP contribution in [0.5, 0.6) is 5.88 Å². The van der Waals surface area contributed by atoms with Gasteiger partial charge in [0.15, 0.2) is 33.8 Å². The van der Waals surface area contributed by atoms with E-state index in [4.69, 9.17) is 28.8 Å². The number of fused-ring (bicyclic) bond motifs is 1. The van der Waals surface area contributed by atoms with E-state index in [1.165, 1.54) is 18.0 Å². The highest BCUT2D eigenvalue weighted by atomic mass is 32.2. The molecular formula is C25H39FN5O11PS2. The van der Waals surface area contributed by atoms with Crippen molar-refractivity contribution in [3.8, 4) is 5.88 Å². The summed E-state index contributed by atoms with van der Waals surface area (Å²) in [4.78, 5) is 36.7. The van der Waals surface area contributed by atoms with Gasteiger partial charge in [-0.1, -0.05) is 23.5 Å². The molecule has 2 aromatic rings. The van der Waals surface area contributed by atoms with Crippen LogP contribution in [0.1, 0.15) is 33.9 Å². The molecule has 0 saturated carbocycles. The number of nitrogens with zero attached hydrogens (tertiary/aromatic N) is 4. The molecule has 4 atom stereocenters. The van der Waals surface area contributed by atoms with Crippen LogP contribution in [0.2, 0.25) is 0 Å². The second-order valence-electron chi connectivity index (χ2n) is 11.2. The maximum absolute atomic E-state index is 15.3. The third kappa shape index (κ3) is 9.33. The number of thioether (sulfide) groups is 2. The number of aliphatic hydroxyl groups excluding tert-OH is 3. The molecule has 0 bridgehead atoms. The van der Waals surface area contributed by atoms with E-state index >= 15 is 4.39 Å². The van der Waals surface area contributed by atoms with Gasteiger partial charge >= 0.3 is 7.82 Å². The largest absolute Gasteiger partial charge is 0.479 e. The average Bonchev–Trinajstić information content (AvgIpc) is 3.55. The molecule has 0 aromatic carbocycles. The lowest BCUT2D eigenvalue weighted by Crippen LogP contribution is -2.31. The number of alkyl halides is 1. The Kier molecular flexibility index (Phi) is 13.2. The number of nitrogen functional groups attached to an aromatic ring is 1. The first-order valence-corrected chi connectivity index (χ1v) is 17.1. The highest BCUT2D eigenvalue weighted by Gasteiger charge is 2.47. The lowest BCUT2D eigenvalue weighted by Gasteiger charge is -2.22. The molecule has 0 radical (unpaired) electrons. The van der Waals surface area contributed by atoms with Crippen molar-refractivity contribution in [3.05, 3.63) is 6.33 Å². The minimum absolute atomic E-state index is 0.0379. The monoisotopic (exact) mass is 699 g/mol. The van der Waals surface area contributed by atoms with E-state index in [0.29, 0.717) is 0 Å². The summed E-state index contributed by atoms with van der Waals surface area (Å²) in [7, 11) is -3.05. The highest BCUT2D eigenvalue weighted by molar-refractivity contribution is 8.14. The number of nitrogens with two attached hydrogens (primary N) is 1. The number of halogens is 1. The normalized spacial score (nSPS) is 21.0. The summed E-state index contributed by atoms with van der Waals surface area (Å²) in [6.07, 6.45) is -5.27. The smallest absolute Gasteiger partial charge is 0.474 e. The standard InChI is InChI=1S/C25H39FN5O11PS2/c1-24(2,11-32)21(35)44-8-6-39-43(37,40-7-9-45-22(36)25(3,4)12-33)41-10-14-17(34)15(26)20(42-14)31-13-28-16-18(31)29-23(27)30-19(16)38-5/h13-15,17,20,32-34H,6-12H2,1-5H3,(H2,27,29,30)/t14-,15?,17+,20?/m1/s1. The van der Waals surface area contributed by atoms with Gasteiger partial charge in [-0.05, 0) is 27.7 Å². The van der Waals surface area contributed by atoms with Crippen molar-refractivity contribution in [3.63, 3.8) is 0 Å². The summed E-state index contributed by atoms with van der Waals surface area (Å²) < 4.78 is 57.1. The zero-order valence-electron chi connectivity index (χ0n) is 25.5. The van der Waals surface area contributed by atoms with Crippen LogP contribution in [0, 0.1) is 10.8 Å². The predicted octanol–water partition coefficient (Wildman–Crippen LogP) is 1.73. The molecule has 16 nitrogen and oxygen atoms in total. The number of methoxy groups -OCH3 is 1. The molecule has 45 heavy (non-hydrogen) atoms. The predicted molar refractivity (Wildman–Crippen MR) is 163 cm³/mol. The quantitative estimate of drug-likeness (QED) is 0.136. The van der Waals surface area contributed by atoms with Crippen molar-refractivity contribution >= 4 is 58.7 Å². The van der Waals surface area contributed by atoms with E-state index in [2.05, 4.69) is 15.0 Å². The van der Waals surface area contributed by atoms with Gasteiger partial charge < -0.3 is 30.5 Å². The van der Waals surface area contributed by atoms with Gasteiger partial charge in [0.2, 0.25) is 11.8 Å². The third-order valence-electron chi connectivity index (χ3n) is 6.59. The van der Waals surface area contributed by atoms with Crippen LogP contribution in [-0.2, 0) is 32.5 Å². The Hall–Kier alpha value is -1.93. The van der Waals surface area contributed by atoms with Crippen molar-refractivity contribution in [2.24, 2.45) is 10.8 Å². The zero-order chi connectivity index (χ0) is 33.6. The first kappa shape index (κ1) is 37.5. The van der Waals surface area contributed by atoms with E-state index in [0.717, 1.165) is 23.5 Å². The summed E-state index contributed by atoms with van der Waals surface area (Å²) in [5, 5.41) is 28.8. The molecule has 2 aromatic heterocycles. The Balaban J connectivity index is 1.68. The van der Waals surface area contributed by atoms with Crippen LogP contribution in [0.3, 0.4) is 0 Å². The van der Waals surface area contributed by atoms with Crippen LogP contribution in [0.25, 0.3) is 11.2 Å². The van der Waals surface area contributed by atoms with E-state index in [1.807, 2.05) is 0 Å². The van der Waals surface area contributed by atoms with Crippen molar-refractivity contribution in [2.75, 3.05) is 57.4 Å². The maximum Gasteiger partial charge on any atom is 0.474 e. The summed E-state index contributed by atoms with van der Waals surface area (Å²) in [5.41, 5.74) is 4.01. The maximum atomic E-state index is 15.3. The number of imidazole rings is 1. The average molecular weight is 700 g/mol. The molecular weight excluding hydrogens is 660 g/mol. The lowest BCUT2D eigenvalue weighted by atomic mass is 9.97. The van der Waals surface area contributed by atoms with Crippen molar-refractivity contribution < 1.29 is 56.9 Å². The molecule has 1 aliphatic rings. The van der Waals surface area contributed by atoms with Crippen LogP contribution in [0.4, 0.5) is 10.3 Å². The number of aliphatic hydroxyl groups is 3. The topological polar surface area (TPSA) is 228 Å². The van der Waals surface area contributed by atoms with Gasteiger partial charge in [0.25, 0.3) is 0 Å². The number of anilines is 1. The van der Waals surface area contributed by atoms with E-state index in [1.54, 1.807) is 27.7 Å². The molecule has 5 N–H and O–H groups in total. The number of rotatable bonds is 17. The summed E-state index contributed by atoms with van der Waals surface area (Å²) in [6.45, 7) is 4.38. The number of hydrogen-bond donors (Lipinski definition) is 4. The number of carbonyl (C=O) groups excluding carboxylic acids is 2. The van der Waals surface area contributed by atoms with Crippen LogP contribution < -0.4 is 10.5 Å². The van der Waals surface area contributed by atoms with E-state index in [-0.39, 0.29) is 71.2 Å². The molecule has 0 aliphatic carbocycles. The van der Waals surface area contributed by atoms with Gasteiger partial charge in [-0.2, -0.15) is 9.97 Å². The minimum Gasteiger partial charge on any atom is -0.479 e. The van der Waals surface area contributed by atoms with Crippen molar-refractivity contribution in [2.45, 2.75) is 52.3 Å². The summed E-state index contributed by atoms with van der Waals surface area (Å²) >= 11 is 1.71. The number of phosphoric acid groups is 1. The fourth-order valence-electron chi connectivity index (χ4n) is 3.66. The molecule has 1 aliphatic heterocycles. The molecule has 1 saturated heterocycles. The Morgan fingerprint density at radius 1 is 1.07 bits per heavy atom. The lowest BCUT2D eigenvalue weighted by molar-refractivity contribution is -0.120. The van der Waals surface area contributed by atoms with E-state index in [9.17, 15) is 29.5 Å². The first-order chi connectivity index (χ1) is 21.1. The number of phosphoric ester groups is 1. The van der Waals surface area contributed by atoms with Crippen LogP contribution >= 0.6 is 31.3 Å². The van der Waals surface area contributed by atoms with Crippen LogP contribution in [0.15, 0.2) is 6.33 Å². The van der Waals surface area contributed by atoms with Gasteiger partial charge in [0, 0.05) is 11.5 Å². The van der Waals surface area contributed by atoms with E-state index < -0.39 is 49.9 Å². The third-order valence-corrected chi connectivity index (χ3v) is 10.4. The molecule has 2 unspecified atom stereocenters. The Morgan fingerprint density at radius 3 is 2.13 bits per heavy atom. The van der Waals surface area contributed by atoms with Gasteiger partial charge in [0.05, 0.1) is 57.3 Å². The number of ether oxygens (including phenoxy) is 2. The molecule has 0 spiro atoms. The fraction of sp³-hybridized carbons (Fsp3) is 0.720. The first-order valence-electron chi connectivity index (χ1n) is 13.7. The van der Waals surface area contributed by atoms with Crippen LogP contribution in [-0.4, -0.2) is 115 Å². The van der Waals surface area contributed by atoms with Gasteiger partial charge in [0.1, 0.15) is 12.2 Å². The Labute approximate surface area is 267 Å². The van der Waals surface area contributed by atoms with Crippen molar-refractivity contribution in [1.82, 2.24) is 19.5 Å². The van der Waals surface area contributed by atoms with Gasteiger partial charge in [-0.3, -0.25) is 27.7 Å². The fourth-order valence-corrected chi connectivity index (χ4v) is 6.71. The second kappa shape index (κ2) is 15.8. The molecule has 1 fully saturated rings. The second-order valence-corrected chi connectivity index (χ2v) is 15.0. The number of carbonyl (C=O) groups is 2. The molecule has 20 heteroatoms. The minimum atomic E-state index is -4.40. The summed E-state index contributed by atoms with van der Waals surface area (Å²) in [5.74, 6) is -0.0309. The molecule has 3 rings (SSSR count). The molecule has 0 amide bonds. The number of aromatic nitrogens is 4. The Morgan fingerprint density at radius 2 is 1.62 bits per heavy atom. The zero-order valence-corrected chi connectivity index (χ0v) is 28.0. The molecule has 3 heterocycles. The molecule has 254 valence electrons. The SMILES string of the molecule is COc1nc(N)nc2c1ncn2C1O[C@H](COP(=O)(OCCSC(=O)C(C)(C)CO)OCCSC(=O)C(C)(C)CO)[C@H](O)C1F. The van der Waals surface area contributed by atoms with Gasteiger partial charge in [-0.25, -0.2) is 13.9 Å². The summed E-state index contributed by atoms with van der Waals surface area (Å²) in [6, 6.07) is 0. The van der Waals surface area contributed by atoms with Gasteiger partial charge in [-0.15, -0.1) is 0 Å². The Bertz CT molecular complexity index is 1340. The number of hydrogen-bond acceptors (Lipinski definition) is 17. The van der Waals surface area contributed by atoms with Crippen molar-refractivity contribution in [1.29, 1.82) is 0 Å².